The molecule has 0 aromatic heterocycles. The molecule has 1 aliphatic rings. The van der Waals surface area contributed by atoms with Gasteiger partial charge in [0.15, 0.2) is 11.5 Å². The number of phenolic OH excluding ortho intramolecular Hbond substituents is 2. The fraction of sp³-hybridized carbons (Fsp3) is 0.462. The summed E-state index contributed by atoms with van der Waals surface area (Å²) in [5.41, 5.74) is 0.369. The maximum absolute atomic E-state index is 11.8. The predicted octanol–water partition coefficient (Wildman–Crippen LogP) is 0.990. The summed E-state index contributed by atoms with van der Waals surface area (Å²) in [6.07, 6.45) is 2.75. The van der Waals surface area contributed by atoms with Crippen LogP contribution in [0.3, 0.4) is 0 Å². The van der Waals surface area contributed by atoms with Crippen molar-refractivity contribution in [2.24, 2.45) is 5.41 Å². The highest BCUT2D eigenvalue weighted by atomic mass is 16.3. The van der Waals surface area contributed by atoms with Gasteiger partial charge in [0.2, 0.25) is 0 Å². The lowest BCUT2D eigenvalue weighted by atomic mass is 10.0. The SMILES string of the molecule is O=C(NCC1(CCO)CC1)c1ccc(O)c(O)c1. The number of nitrogens with one attached hydrogen (secondary N) is 1. The van der Waals surface area contributed by atoms with E-state index in [4.69, 9.17) is 10.2 Å². The molecular weight excluding hydrogens is 234 g/mol. The zero-order valence-corrected chi connectivity index (χ0v) is 10.0. The molecule has 4 N–H and O–H groups in total. The number of aromatic hydroxyl groups is 2. The third kappa shape index (κ3) is 2.73. The van der Waals surface area contributed by atoms with E-state index in [0.29, 0.717) is 18.5 Å². The molecule has 0 atom stereocenters. The van der Waals surface area contributed by atoms with E-state index in [9.17, 15) is 9.90 Å². The average Bonchev–Trinajstić information content (AvgIpc) is 3.11. The van der Waals surface area contributed by atoms with Gasteiger partial charge in [-0.3, -0.25) is 4.79 Å². The van der Waals surface area contributed by atoms with Crippen molar-refractivity contribution in [2.75, 3.05) is 13.2 Å². The van der Waals surface area contributed by atoms with Gasteiger partial charge in [0.05, 0.1) is 0 Å². The summed E-state index contributed by atoms with van der Waals surface area (Å²) in [7, 11) is 0. The molecule has 98 valence electrons. The van der Waals surface area contributed by atoms with E-state index in [1.165, 1.54) is 18.2 Å². The van der Waals surface area contributed by atoms with Gasteiger partial charge in [-0.2, -0.15) is 0 Å². The second-order valence-corrected chi connectivity index (χ2v) is 4.86. The van der Waals surface area contributed by atoms with Crippen molar-refractivity contribution in [2.45, 2.75) is 19.3 Å². The molecule has 1 aromatic rings. The van der Waals surface area contributed by atoms with Crippen LogP contribution in [-0.4, -0.2) is 34.4 Å². The number of hydrogen-bond donors (Lipinski definition) is 4. The molecule has 0 spiro atoms. The molecule has 18 heavy (non-hydrogen) atoms. The Bertz CT molecular complexity index is 454. The molecule has 2 rings (SSSR count). The van der Waals surface area contributed by atoms with Gasteiger partial charge in [-0.05, 0) is 42.9 Å². The summed E-state index contributed by atoms with van der Waals surface area (Å²) in [6.45, 7) is 0.671. The van der Waals surface area contributed by atoms with Crippen LogP contribution < -0.4 is 5.32 Å². The summed E-state index contributed by atoms with van der Waals surface area (Å²) in [5, 5.41) is 30.2. The van der Waals surface area contributed by atoms with Gasteiger partial charge in [-0.25, -0.2) is 0 Å². The van der Waals surface area contributed by atoms with E-state index in [1.807, 2.05) is 0 Å². The lowest BCUT2D eigenvalue weighted by Crippen LogP contribution is -2.30. The van der Waals surface area contributed by atoms with Crippen LogP contribution in [0.2, 0.25) is 0 Å². The van der Waals surface area contributed by atoms with Gasteiger partial charge in [0, 0.05) is 18.7 Å². The Balaban J connectivity index is 1.93. The van der Waals surface area contributed by atoms with Crippen LogP contribution in [0.25, 0.3) is 0 Å². The first kappa shape index (κ1) is 12.7. The Labute approximate surface area is 105 Å². The highest BCUT2D eigenvalue weighted by Gasteiger charge is 2.41. The van der Waals surface area contributed by atoms with Crippen molar-refractivity contribution in [3.8, 4) is 11.5 Å². The van der Waals surface area contributed by atoms with Crippen LogP contribution in [0, 0.1) is 5.41 Å². The van der Waals surface area contributed by atoms with E-state index in [0.717, 1.165) is 12.8 Å². The van der Waals surface area contributed by atoms with Gasteiger partial charge >= 0.3 is 0 Å². The smallest absolute Gasteiger partial charge is 0.251 e. The first-order valence-electron chi connectivity index (χ1n) is 5.97. The number of benzene rings is 1. The third-order valence-corrected chi connectivity index (χ3v) is 3.46. The first-order chi connectivity index (χ1) is 8.56. The molecular formula is C13H17NO4. The minimum atomic E-state index is -0.306. The third-order valence-electron chi connectivity index (χ3n) is 3.46. The molecule has 0 heterocycles. The summed E-state index contributed by atoms with van der Waals surface area (Å²) in [6, 6.07) is 3.97. The topological polar surface area (TPSA) is 89.8 Å². The Kier molecular flexibility index (Phi) is 3.43. The number of aliphatic hydroxyl groups is 1. The second kappa shape index (κ2) is 4.86. The van der Waals surface area contributed by atoms with Crippen LogP contribution in [-0.2, 0) is 0 Å². The van der Waals surface area contributed by atoms with Crippen molar-refractivity contribution in [3.63, 3.8) is 0 Å². The number of carbonyl (C=O) groups is 1. The van der Waals surface area contributed by atoms with Crippen LogP contribution in [0.1, 0.15) is 29.6 Å². The molecule has 5 heteroatoms. The van der Waals surface area contributed by atoms with Gasteiger partial charge in [0.1, 0.15) is 0 Å². The summed E-state index contributed by atoms with van der Waals surface area (Å²) >= 11 is 0. The number of aliphatic hydroxyl groups excluding tert-OH is 1. The van der Waals surface area contributed by atoms with Crippen LogP contribution in [0.15, 0.2) is 18.2 Å². The van der Waals surface area contributed by atoms with Crippen molar-refractivity contribution < 1.29 is 20.1 Å². The molecule has 1 aliphatic carbocycles. The van der Waals surface area contributed by atoms with E-state index in [-0.39, 0.29) is 29.4 Å². The van der Waals surface area contributed by atoms with E-state index >= 15 is 0 Å². The molecule has 0 aliphatic heterocycles. The Morgan fingerprint density at radius 3 is 2.56 bits per heavy atom. The number of phenols is 2. The van der Waals surface area contributed by atoms with E-state index in [1.54, 1.807) is 0 Å². The lowest BCUT2D eigenvalue weighted by molar-refractivity contribution is 0.0940. The summed E-state index contributed by atoms with van der Waals surface area (Å²) < 4.78 is 0. The Morgan fingerprint density at radius 1 is 1.28 bits per heavy atom. The Hall–Kier alpha value is -1.75. The standard InChI is InChI=1S/C13H17NO4/c15-6-5-13(3-4-13)8-14-12(18)9-1-2-10(16)11(17)7-9/h1-2,7,15-17H,3-6,8H2,(H,14,18). The highest BCUT2D eigenvalue weighted by molar-refractivity contribution is 5.94. The fourth-order valence-corrected chi connectivity index (χ4v) is 1.96. The Morgan fingerprint density at radius 2 is 2.00 bits per heavy atom. The van der Waals surface area contributed by atoms with E-state index in [2.05, 4.69) is 5.32 Å². The van der Waals surface area contributed by atoms with Crippen LogP contribution >= 0.6 is 0 Å². The van der Waals surface area contributed by atoms with Crippen molar-refractivity contribution in [1.29, 1.82) is 0 Å². The maximum atomic E-state index is 11.8. The molecule has 1 aromatic carbocycles. The second-order valence-electron chi connectivity index (χ2n) is 4.86. The molecule has 5 nitrogen and oxygen atoms in total. The van der Waals surface area contributed by atoms with Gasteiger partial charge in [0.25, 0.3) is 5.91 Å². The van der Waals surface area contributed by atoms with E-state index < -0.39 is 0 Å². The maximum Gasteiger partial charge on any atom is 0.251 e. The molecule has 0 unspecified atom stereocenters. The predicted molar refractivity (Wildman–Crippen MR) is 65.5 cm³/mol. The normalized spacial score (nSPS) is 16.3. The lowest BCUT2D eigenvalue weighted by Gasteiger charge is -2.14. The van der Waals surface area contributed by atoms with Crippen LogP contribution in [0.5, 0.6) is 11.5 Å². The highest BCUT2D eigenvalue weighted by Crippen LogP contribution is 2.47. The van der Waals surface area contributed by atoms with Gasteiger partial charge < -0.3 is 20.6 Å². The first-order valence-corrected chi connectivity index (χ1v) is 5.97. The van der Waals surface area contributed by atoms with Crippen molar-refractivity contribution in [3.05, 3.63) is 23.8 Å². The number of carbonyl (C=O) groups excluding carboxylic acids is 1. The zero-order chi connectivity index (χ0) is 13.2. The van der Waals surface area contributed by atoms with Gasteiger partial charge in [-0.1, -0.05) is 0 Å². The van der Waals surface area contributed by atoms with Gasteiger partial charge in [-0.15, -0.1) is 0 Å². The zero-order valence-electron chi connectivity index (χ0n) is 10.0. The molecule has 1 saturated carbocycles. The van der Waals surface area contributed by atoms with Crippen LogP contribution in [0.4, 0.5) is 0 Å². The molecule has 1 amide bonds. The minimum Gasteiger partial charge on any atom is -0.504 e. The average molecular weight is 251 g/mol. The molecule has 0 radical (unpaired) electrons. The monoisotopic (exact) mass is 251 g/mol. The van der Waals surface area contributed by atoms with Crippen molar-refractivity contribution >= 4 is 5.91 Å². The summed E-state index contributed by atoms with van der Waals surface area (Å²) in [5.74, 6) is -0.834. The fourth-order valence-electron chi connectivity index (χ4n) is 1.96. The largest absolute Gasteiger partial charge is 0.504 e. The van der Waals surface area contributed by atoms with Crippen molar-refractivity contribution in [1.82, 2.24) is 5.32 Å². The summed E-state index contributed by atoms with van der Waals surface area (Å²) in [4.78, 5) is 11.8. The minimum absolute atomic E-state index is 0.0589. The number of hydrogen-bond acceptors (Lipinski definition) is 4. The quantitative estimate of drug-likeness (QED) is 0.587. The molecule has 1 fully saturated rings. The number of amides is 1. The molecule has 0 bridgehead atoms. The number of rotatable bonds is 5. The molecule has 0 saturated heterocycles.